The maximum Gasteiger partial charge on any atom is 0.247 e. The summed E-state index contributed by atoms with van der Waals surface area (Å²) in [7, 11) is 0. The molecular weight excluding hydrogens is 368 g/mol. The second-order valence-corrected chi connectivity index (χ2v) is 6.35. The van der Waals surface area contributed by atoms with Gasteiger partial charge in [-0.3, -0.25) is 0 Å². The summed E-state index contributed by atoms with van der Waals surface area (Å²) in [4.78, 5) is 4.43. The summed E-state index contributed by atoms with van der Waals surface area (Å²) >= 11 is 6.23. The molecule has 2 aromatic heterocycles. The number of hydrogen-bond acceptors (Lipinski definition) is 6. The van der Waals surface area contributed by atoms with Gasteiger partial charge in [0.25, 0.3) is 0 Å². The number of aromatic nitrogens is 3. The van der Waals surface area contributed by atoms with Gasteiger partial charge in [-0.1, -0.05) is 23.7 Å². The fourth-order valence-corrected chi connectivity index (χ4v) is 2.97. The third kappa shape index (κ3) is 3.56. The fraction of sp³-hybridized carbons (Fsp3) is 0.0526. The van der Waals surface area contributed by atoms with E-state index in [1.54, 1.807) is 47.1 Å². The van der Waals surface area contributed by atoms with Gasteiger partial charge in [0.1, 0.15) is 5.75 Å². The second kappa shape index (κ2) is 6.88. The first-order valence-corrected chi connectivity index (χ1v) is 8.46. The van der Waals surface area contributed by atoms with Crippen LogP contribution in [0.2, 0.25) is 5.02 Å². The van der Waals surface area contributed by atoms with Gasteiger partial charge in [-0.2, -0.15) is 4.98 Å². The molecule has 0 saturated carbocycles. The van der Waals surface area contributed by atoms with Gasteiger partial charge in [-0.05, 0) is 48.0 Å². The van der Waals surface area contributed by atoms with E-state index >= 15 is 0 Å². The Kier molecular flexibility index (Phi) is 4.41. The SMILES string of the molecule is Oc1ccc(Cl)c(-c2ccn3nc(Nc4cccc(C(O)O)c4)nc3c2)c1. The van der Waals surface area contributed by atoms with Gasteiger partial charge in [-0.25, -0.2) is 4.52 Å². The summed E-state index contributed by atoms with van der Waals surface area (Å²) in [6.07, 6.45) is 0.201. The van der Waals surface area contributed by atoms with E-state index < -0.39 is 6.29 Å². The summed E-state index contributed by atoms with van der Waals surface area (Å²) in [6, 6.07) is 15.1. The number of rotatable bonds is 4. The summed E-state index contributed by atoms with van der Waals surface area (Å²) in [5.41, 5.74) is 3.08. The summed E-state index contributed by atoms with van der Waals surface area (Å²) in [6.45, 7) is 0. The molecule has 7 nitrogen and oxygen atoms in total. The zero-order valence-corrected chi connectivity index (χ0v) is 14.7. The van der Waals surface area contributed by atoms with Gasteiger partial charge in [0.15, 0.2) is 11.9 Å². The van der Waals surface area contributed by atoms with Gasteiger partial charge in [-0.15, -0.1) is 5.10 Å². The van der Waals surface area contributed by atoms with Crippen LogP contribution in [0.1, 0.15) is 11.9 Å². The minimum atomic E-state index is -1.55. The van der Waals surface area contributed by atoms with Gasteiger partial charge < -0.3 is 20.6 Å². The van der Waals surface area contributed by atoms with E-state index in [0.717, 1.165) is 5.56 Å². The first-order chi connectivity index (χ1) is 13.0. The van der Waals surface area contributed by atoms with Crippen molar-refractivity contribution in [3.63, 3.8) is 0 Å². The zero-order valence-electron chi connectivity index (χ0n) is 13.9. The molecule has 0 amide bonds. The number of aromatic hydroxyl groups is 1. The third-order valence-electron chi connectivity index (χ3n) is 4.04. The predicted octanol–water partition coefficient (Wildman–Crippen LogP) is 3.48. The predicted molar refractivity (Wildman–Crippen MR) is 102 cm³/mol. The van der Waals surface area contributed by atoms with Gasteiger partial charge >= 0.3 is 0 Å². The number of nitrogens with one attached hydrogen (secondary N) is 1. The van der Waals surface area contributed by atoms with Crippen molar-refractivity contribution in [1.29, 1.82) is 0 Å². The molecule has 0 atom stereocenters. The molecule has 0 spiro atoms. The van der Waals surface area contributed by atoms with Crippen molar-refractivity contribution in [1.82, 2.24) is 14.6 Å². The molecule has 2 heterocycles. The van der Waals surface area contributed by atoms with Gasteiger partial charge in [0.2, 0.25) is 5.95 Å². The normalized spacial score (nSPS) is 11.3. The lowest BCUT2D eigenvalue weighted by Gasteiger charge is -2.06. The van der Waals surface area contributed by atoms with Crippen molar-refractivity contribution in [3.05, 3.63) is 71.4 Å². The van der Waals surface area contributed by atoms with Crippen molar-refractivity contribution in [2.75, 3.05) is 5.32 Å². The van der Waals surface area contributed by atoms with E-state index in [0.29, 0.717) is 33.4 Å². The molecule has 136 valence electrons. The Balaban J connectivity index is 1.67. The van der Waals surface area contributed by atoms with Crippen LogP contribution in [0.4, 0.5) is 11.6 Å². The molecule has 0 radical (unpaired) electrons. The molecule has 4 N–H and O–H groups in total. The summed E-state index contributed by atoms with van der Waals surface area (Å²) in [5, 5.41) is 36.2. The molecule has 0 aliphatic heterocycles. The number of phenolic OH excluding ortho intramolecular Hbond substituents is 1. The van der Waals surface area contributed by atoms with E-state index in [4.69, 9.17) is 11.6 Å². The van der Waals surface area contributed by atoms with Crippen molar-refractivity contribution in [2.24, 2.45) is 0 Å². The monoisotopic (exact) mass is 382 g/mol. The highest BCUT2D eigenvalue weighted by molar-refractivity contribution is 6.33. The highest BCUT2D eigenvalue weighted by Gasteiger charge is 2.10. The maximum absolute atomic E-state index is 9.70. The molecule has 4 aromatic rings. The van der Waals surface area contributed by atoms with E-state index in [1.165, 1.54) is 6.07 Å². The molecule has 0 fully saturated rings. The number of halogens is 1. The molecule has 0 bridgehead atoms. The molecule has 0 unspecified atom stereocenters. The molecular formula is C19H15ClN4O3. The maximum atomic E-state index is 9.70. The van der Waals surface area contributed by atoms with Crippen LogP contribution in [0.25, 0.3) is 16.8 Å². The molecule has 0 aliphatic rings. The lowest BCUT2D eigenvalue weighted by molar-refractivity contribution is -0.0424. The van der Waals surface area contributed by atoms with Crippen LogP contribution < -0.4 is 5.32 Å². The van der Waals surface area contributed by atoms with E-state index in [-0.39, 0.29) is 5.75 Å². The number of fused-ring (bicyclic) bond motifs is 1. The topological polar surface area (TPSA) is 103 Å². The van der Waals surface area contributed by atoms with Gasteiger partial charge in [0, 0.05) is 28.0 Å². The number of aliphatic hydroxyl groups excluding tert-OH is 1. The van der Waals surface area contributed by atoms with Crippen LogP contribution in [0.15, 0.2) is 60.8 Å². The van der Waals surface area contributed by atoms with Crippen LogP contribution in [0, 0.1) is 0 Å². The molecule has 0 saturated heterocycles. The number of anilines is 2. The number of hydrogen-bond donors (Lipinski definition) is 4. The molecule has 8 heteroatoms. The largest absolute Gasteiger partial charge is 0.508 e. The zero-order chi connectivity index (χ0) is 19.0. The highest BCUT2D eigenvalue weighted by atomic mass is 35.5. The lowest BCUT2D eigenvalue weighted by Crippen LogP contribution is -1.97. The highest BCUT2D eigenvalue weighted by Crippen LogP contribution is 2.31. The Morgan fingerprint density at radius 2 is 1.89 bits per heavy atom. The Labute approximate surface area is 159 Å². The number of phenols is 1. The quantitative estimate of drug-likeness (QED) is 0.403. The molecule has 2 aromatic carbocycles. The van der Waals surface area contributed by atoms with E-state index in [1.807, 2.05) is 12.1 Å². The lowest BCUT2D eigenvalue weighted by atomic mass is 10.1. The minimum Gasteiger partial charge on any atom is -0.508 e. The van der Waals surface area contributed by atoms with Crippen LogP contribution in [0.5, 0.6) is 5.75 Å². The Morgan fingerprint density at radius 3 is 2.70 bits per heavy atom. The minimum absolute atomic E-state index is 0.129. The van der Waals surface area contributed by atoms with Crippen LogP contribution in [0.3, 0.4) is 0 Å². The second-order valence-electron chi connectivity index (χ2n) is 5.94. The Hall–Kier alpha value is -3.13. The number of nitrogens with zero attached hydrogens (tertiary/aromatic N) is 3. The summed E-state index contributed by atoms with van der Waals surface area (Å²) in [5.74, 6) is 0.489. The summed E-state index contributed by atoms with van der Waals surface area (Å²) < 4.78 is 1.60. The van der Waals surface area contributed by atoms with Crippen molar-refractivity contribution in [3.8, 4) is 16.9 Å². The van der Waals surface area contributed by atoms with Crippen molar-refractivity contribution < 1.29 is 15.3 Å². The fourth-order valence-electron chi connectivity index (χ4n) is 2.74. The smallest absolute Gasteiger partial charge is 0.247 e. The molecule has 0 aliphatic carbocycles. The standard InChI is InChI=1S/C19H15ClN4O3/c20-16-5-4-14(25)10-15(16)11-6-7-24-17(9-11)22-19(23-24)21-13-3-1-2-12(8-13)18(26)27/h1-10,18,25-27H,(H,21,23). The van der Waals surface area contributed by atoms with Crippen LogP contribution in [-0.2, 0) is 0 Å². The van der Waals surface area contributed by atoms with E-state index in [9.17, 15) is 15.3 Å². The Morgan fingerprint density at radius 1 is 1.04 bits per heavy atom. The van der Waals surface area contributed by atoms with E-state index in [2.05, 4.69) is 15.4 Å². The van der Waals surface area contributed by atoms with Gasteiger partial charge in [0.05, 0.1) is 0 Å². The molecule has 4 rings (SSSR count). The average molecular weight is 383 g/mol. The average Bonchev–Trinajstić information content (AvgIpc) is 3.05. The number of aliphatic hydroxyl groups is 2. The number of benzene rings is 2. The third-order valence-corrected chi connectivity index (χ3v) is 4.37. The first kappa shape index (κ1) is 17.3. The van der Waals surface area contributed by atoms with Crippen molar-refractivity contribution in [2.45, 2.75) is 6.29 Å². The van der Waals surface area contributed by atoms with Crippen molar-refractivity contribution >= 4 is 28.9 Å². The number of pyridine rings is 1. The molecule has 27 heavy (non-hydrogen) atoms. The Bertz CT molecular complexity index is 1130. The first-order valence-electron chi connectivity index (χ1n) is 8.08. The van der Waals surface area contributed by atoms with Crippen LogP contribution in [-0.4, -0.2) is 29.9 Å². The van der Waals surface area contributed by atoms with Crippen LogP contribution >= 0.6 is 11.6 Å².